The second-order valence-electron chi connectivity index (χ2n) is 4.84. The van der Waals surface area contributed by atoms with Crippen LogP contribution in [0.25, 0.3) is 0 Å². The molecule has 102 valence electrons. The molecule has 0 aromatic carbocycles. The summed E-state index contributed by atoms with van der Waals surface area (Å²) in [6.45, 7) is 3.70. The minimum atomic E-state index is -1.08. The number of hydrogen-bond donors (Lipinski definition) is 2. The molecule has 0 atom stereocenters. The van der Waals surface area contributed by atoms with Crippen molar-refractivity contribution in [1.82, 2.24) is 9.88 Å². The Labute approximate surface area is 111 Å². The number of pyridine rings is 1. The molecule has 1 aliphatic heterocycles. The summed E-state index contributed by atoms with van der Waals surface area (Å²) in [7, 11) is 0. The summed E-state index contributed by atoms with van der Waals surface area (Å²) in [6.07, 6.45) is 3.39. The lowest BCUT2D eigenvalue weighted by atomic mass is 10.00. The Kier molecular flexibility index (Phi) is 3.99. The quantitative estimate of drug-likeness (QED) is 0.855. The van der Waals surface area contributed by atoms with Gasteiger partial charge in [-0.05, 0) is 30.9 Å². The van der Waals surface area contributed by atoms with E-state index in [9.17, 15) is 9.59 Å². The summed E-state index contributed by atoms with van der Waals surface area (Å²) in [5.74, 6) is -0.413. The van der Waals surface area contributed by atoms with Gasteiger partial charge in [-0.15, -0.1) is 0 Å². The molecular formula is C13H17N3O3. The number of amides is 2. The Hall–Kier alpha value is -2.11. The minimum absolute atomic E-state index is 0.0372. The lowest BCUT2D eigenvalue weighted by Crippen LogP contribution is -2.40. The van der Waals surface area contributed by atoms with E-state index in [4.69, 9.17) is 5.11 Å². The van der Waals surface area contributed by atoms with Crippen molar-refractivity contribution in [1.29, 1.82) is 0 Å². The molecule has 1 aromatic rings. The topological polar surface area (TPSA) is 82.5 Å². The molecule has 1 aromatic heterocycles. The zero-order valence-electron chi connectivity index (χ0n) is 10.8. The largest absolute Gasteiger partial charge is 0.477 e. The summed E-state index contributed by atoms with van der Waals surface area (Å²) < 4.78 is 0. The van der Waals surface area contributed by atoms with Gasteiger partial charge in [-0.25, -0.2) is 14.6 Å². The van der Waals surface area contributed by atoms with E-state index in [0.29, 0.717) is 11.6 Å². The molecule has 0 radical (unpaired) electrons. The Bertz CT molecular complexity index is 465. The van der Waals surface area contributed by atoms with Crippen molar-refractivity contribution in [3.63, 3.8) is 0 Å². The van der Waals surface area contributed by atoms with Crippen LogP contribution in [0, 0.1) is 5.92 Å². The van der Waals surface area contributed by atoms with E-state index in [2.05, 4.69) is 17.2 Å². The van der Waals surface area contributed by atoms with Crippen molar-refractivity contribution >= 4 is 17.7 Å². The van der Waals surface area contributed by atoms with Crippen molar-refractivity contribution in [2.24, 2.45) is 5.92 Å². The maximum Gasteiger partial charge on any atom is 0.354 e. The van der Waals surface area contributed by atoms with Gasteiger partial charge in [-0.3, -0.25) is 0 Å². The highest BCUT2D eigenvalue weighted by Crippen LogP contribution is 2.17. The van der Waals surface area contributed by atoms with Crippen LogP contribution in [0.5, 0.6) is 0 Å². The van der Waals surface area contributed by atoms with E-state index in [1.165, 1.54) is 12.3 Å². The summed E-state index contributed by atoms with van der Waals surface area (Å²) in [5.41, 5.74) is 0.471. The van der Waals surface area contributed by atoms with Gasteiger partial charge in [-0.2, -0.15) is 0 Å². The lowest BCUT2D eigenvalue weighted by Gasteiger charge is -2.30. The number of urea groups is 1. The van der Waals surface area contributed by atoms with Gasteiger partial charge in [-0.1, -0.05) is 6.92 Å². The predicted octanol–water partition coefficient (Wildman–Crippen LogP) is 2.04. The average molecular weight is 263 g/mol. The third-order valence-corrected chi connectivity index (χ3v) is 3.30. The first kappa shape index (κ1) is 13.3. The van der Waals surface area contributed by atoms with Gasteiger partial charge in [0.25, 0.3) is 0 Å². The molecule has 1 saturated heterocycles. The summed E-state index contributed by atoms with van der Waals surface area (Å²) in [5, 5.41) is 11.5. The van der Waals surface area contributed by atoms with Crippen molar-refractivity contribution < 1.29 is 14.7 Å². The number of likely N-dealkylation sites (tertiary alicyclic amines) is 1. The molecule has 2 N–H and O–H groups in total. The van der Waals surface area contributed by atoms with Crippen LogP contribution in [0.4, 0.5) is 10.5 Å². The third-order valence-electron chi connectivity index (χ3n) is 3.30. The summed E-state index contributed by atoms with van der Waals surface area (Å²) >= 11 is 0. The van der Waals surface area contributed by atoms with Crippen LogP contribution in [0.1, 0.15) is 30.3 Å². The maximum atomic E-state index is 12.0. The third kappa shape index (κ3) is 3.43. The zero-order valence-corrected chi connectivity index (χ0v) is 10.8. The number of nitrogens with zero attached hydrogens (tertiary/aromatic N) is 2. The predicted molar refractivity (Wildman–Crippen MR) is 70.2 cm³/mol. The number of nitrogens with one attached hydrogen (secondary N) is 1. The molecule has 6 nitrogen and oxygen atoms in total. The lowest BCUT2D eigenvalue weighted by molar-refractivity contribution is 0.0690. The molecule has 1 aliphatic rings. The van der Waals surface area contributed by atoms with Crippen molar-refractivity contribution in [3.05, 3.63) is 24.0 Å². The highest BCUT2D eigenvalue weighted by Gasteiger charge is 2.20. The van der Waals surface area contributed by atoms with Crippen LogP contribution >= 0.6 is 0 Å². The Morgan fingerprint density at radius 3 is 2.58 bits per heavy atom. The van der Waals surface area contributed by atoms with E-state index in [1.54, 1.807) is 11.0 Å². The second-order valence-corrected chi connectivity index (χ2v) is 4.84. The van der Waals surface area contributed by atoms with Crippen LogP contribution in [0.15, 0.2) is 18.3 Å². The fourth-order valence-electron chi connectivity index (χ4n) is 2.01. The van der Waals surface area contributed by atoms with Crippen LogP contribution in [0.2, 0.25) is 0 Å². The molecule has 1 fully saturated rings. The number of carbonyl (C=O) groups excluding carboxylic acids is 1. The molecule has 0 unspecified atom stereocenters. The highest BCUT2D eigenvalue weighted by molar-refractivity contribution is 5.90. The number of anilines is 1. The number of aromatic carboxylic acids is 1. The first-order valence-corrected chi connectivity index (χ1v) is 6.31. The molecule has 2 rings (SSSR count). The van der Waals surface area contributed by atoms with Gasteiger partial charge in [0, 0.05) is 13.1 Å². The van der Waals surface area contributed by atoms with Gasteiger partial charge in [0.2, 0.25) is 0 Å². The first-order chi connectivity index (χ1) is 9.06. The SMILES string of the molecule is CC1CCN(C(=O)Nc2ccc(C(=O)O)nc2)CC1. The summed E-state index contributed by atoms with van der Waals surface area (Å²) in [4.78, 5) is 28.1. The normalized spacial score (nSPS) is 16.2. The van der Waals surface area contributed by atoms with E-state index in [0.717, 1.165) is 25.9 Å². The van der Waals surface area contributed by atoms with Crippen molar-refractivity contribution in [2.45, 2.75) is 19.8 Å². The molecule has 0 bridgehead atoms. The molecule has 0 aliphatic carbocycles. The highest BCUT2D eigenvalue weighted by atomic mass is 16.4. The van der Waals surface area contributed by atoms with E-state index in [1.807, 2.05) is 0 Å². The molecule has 2 amide bonds. The second kappa shape index (κ2) is 5.69. The van der Waals surface area contributed by atoms with Gasteiger partial charge in [0.15, 0.2) is 0 Å². The number of rotatable bonds is 2. The number of hydrogen-bond acceptors (Lipinski definition) is 3. The van der Waals surface area contributed by atoms with E-state index < -0.39 is 5.97 Å². The molecule has 0 saturated carbocycles. The zero-order chi connectivity index (χ0) is 13.8. The fraction of sp³-hybridized carbons (Fsp3) is 0.462. The van der Waals surface area contributed by atoms with Crippen LogP contribution < -0.4 is 5.32 Å². The number of piperidine rings is 1. The van der Waals surface area contributed by atoms with E-state index >= 15 is 0 Å². The van der Waals surface area contributed by atoms with Crippen molar-refractivity contribution in [2.75, 3.05) is 18.4 Å². The number of carbonyl (C=O) groups is 2. The Morgan fingerprint density at radius 2 is 2.05 bits per heavy atom. The summed E-state index contributed by atoms with van der Waals surface area (Å²) in [6, 6.07) is 2.76. The molecule has 0 spiro atoms. The molecule has 6 heteroatoms. The first-order valence-electron chi connectivity index (χ1n) is 6.31. The van der Waals surface area contributed by atoms with Crippen LogP contribution in [-0.4, -0.2) is 40.1 Å². The van der Waals surface area contributed by atoms with Crippen molar-refractivity contribution in [3.8, 4) is 0 Å². The van der Waals surface area contributed by atoms with Gasteiger partial charge in [0.1, 0.15) is 5.69 Å². The molecule has 2 heterocycles. The number of carboxylic acid groups (broad SMARTS) is 1. The Morgan fingerprint density at radius 1 is 1.37 bits per heavy atom. The fourth-order valence-corrected chi connectivity index (χ4v) is 2.01. The van der Waals surface area contributed by atoms with Crippen LogP contribution in [-0.2, 0) is 0 Å². The van der Waals surface area contributed by atoms with Gasteiger partial charge < -0.3 is 15.3 Å². The standard InChI is InChI=1S/C13H17N3O3/c1-9-4-6-16(7-5-9)13(19)15-10-2-3-11(12(17)18)14-8-10/h2-3,8-9H,4-7H2,1H3,(H,15,19)(H,17,18). The Balaban J connectivity index is 1.93. The number of aromatic nitrogens is 1. The van der Waals surface area contributed by atoms with Gasteiger partial charge >= 0.3 is 12.0 Å². The number of carboxylic acids is 1. The maximum absolute atomic E-state index is 12.0. The molecular weight excluding hydrogens is 246 g/mol. The molecule has 19 heavy (non-hydrogen) atoms. The smallest absolute Gasteiger partial charge is 0.354 e. The van der Waals surface area contributed by atoms with Crippen LogP contribution in [0.3, 0.4) is 0 Å². The minimum Gasteiger partial charge on any atom is -0.477 e. The van der Waals surface area contributed by atoms with Gasteiger partial charge in [0.05, 0.1) is 11.9 Å². The van der Waals surface area contributed by atoms with E-state index in [-0.39, 0.29) is 11.7 Å². The average Bonchev–Trinajstić information content (AvgIpc) is 2.40. The monoisotopic (exact) mass is 263 g/mol.